The summed E-state index contributed by atoms with van der Waals surface area (Å²) in [5, 5.41) is 0. The maximum Gasteiger partial charge on any atom is 0.418 e. The molecule has 0 aromatic heterocycles. The van der Waals surface area contributed by atoms with Crippen molar-refractivity contribution in [3.63, 3.8) is 0 Å². The van der Waals surface area contributed by atoms with Gasteiger partial charge in [-0.2, -0.15) is 0 Å². The molecule has 1 rings (SSSR count). The smallest absolute Gasteiger partial charge is 0.418 e. The third kappa shape index (κ3) is 3.97. The molecule has 0 atom stereocenters. The number of carbonyl (C=O) groups excluding carboxylic acids is 1. The lowest BCUT2D eigenvalue weighted by atomic mass is 9.96. The molecule has 0 aromatic rings. The first kappa shape index (κ1) is 9.86. The van der Waals surface area contributed by atoms with Crippen LogP contribution >= 0.6 is 11.8 Å². The quantitative estimate of drug-likeness (QED) is 0.447. The highest BCUT2D eigenvalue weighted by Gasteiger charge is 2.16. The van der Waals surface area contributed by atoms with Crippen molar-refractivity contribution in [3.05, 3.63) is 0 Å². The SMILES string of the molecule is O=[C]OCSCCOC1CCC1. The largest absolute Gasteiger partial charge is 0.446 e. The Kier molecular flexibility index (Phi) is 5.19. The predicted octanol–water partition coefficient (Wildman–Crippen LogP) is 1.33. The Morgan fingerprint density at radius 2 is 2.33 bits per heavy atom. The lowest BCUT2D eigenvalue weighted by Gasteiger charge is -2.25. The van der Waals surface area contributed by atoms with E-state index in [0.29, 0.717) is 12.0 Å². The minimum absolute atomic E-state index is 0.386. The second-order valence-electron chi connectivity index (χ2n) is 2.68. The van der Waals surface area contributed by atoms with Crippen molar-refractivity contribution in [3.8, 4) is 0 Å². The summed E-state index contributed by atoms with van der Waals surface area (Å²) in [6.45, 7) is 2.14. The number of hydrogen-bond acceptors (Lipinski definition) is 4. The molecule has 1 radical (unpaired) electrons. The Hall–Kier alpha value is -0.220. The first-order chi connectivity index (χ1) is 5.93. The molecule has 12 heavy (non-hydrogen) atoms. The summed E-state index contributed by atoms with van der Waals surface area (Å²) < 4.78 is 9.87. The Labute approximate surface area is 76.8 Å². The van der Waals surface area contributed by atoms with E-state index in [1.807, 2.05) is 0 Å². The summed E-state index contributed by atoms with van der Waals surface area (Å²) in [6, 6.07) is 0. The molecule has 0 saturated heterocycles. The summed E-state index contributed by atoms with van der Waals surface area (Å²) in [4.78, 5) is 9.61. The van der Waals surface area contributed by atoms with E-state index in [1.165, 1.54) is 25.7 Å². The number of hydrogen-bond donors (Lipinski definition) is 0. The molecule has 4 heteroatoms. The highest BCUT2D eigenvalue weighted by molar-refractivity contribution is 7.99. The van der Waals surface area contributed by atoms with E-state index in [0.717, 1.165) is 12.4 Å². The van der Waals surface area contributed by atoms with Gasteiger partial charge in [0, 0.05) is 5.75 Å². The zero-order chi connectivity index (χ0) is 8.65. The first-order valence-corrected chi connectivity index (χ1v) is 5.27. The Bertz CT molecular complexity index is 125. The van der Waals surface area contributed by atoms with E-state index in [4.69, 9.17) is 4.74 Å². The number of thioether (sulfide) groups is 1. The Morgan fingerprint density at radius 3 is 2.92 bits per heavy atom. The average molecular weight is 189 g/mol. The highest BCUT2D eigenvalue weighted by Crippen LogP contribution is 2.21. The van der Waals surface area contributed by atoms with Crippen molar-refractivity contribution in [1.29, 1.82) is 0 Å². The summed E-state index contributed by atoms with van der Waals surface area (Å²) >= 11 is 1.54. The van der Waals surface area contributed by atoms with Gasteiger partial charge < -0.3 is 9.47 Å². The van der Waals surface area contributed by atoms with Crippen molar-refractivity contribution in [2.45, 2.75) is 25.4 Å². The number of ether oxygens (including phenoxy) is 2. The molecule has 0 spiro atoms. The van der Waals surface area contributed by atoms with Crippen molar-refractivity contribution >= 4 is 18.2 Å². The van der Waals surface area contributed by atoms with Crippen molar-refractivity contribution in [2.75, 3.05) is 18.3 Å². The molecule has 3 nitrogen and oxygen atoms in total. The van der Waals surface area contributed by atoms with Crippen molar-refractivity contribution in [2.24, 2.45) is 0 Å². The summed E-state index contributed by atoms with van der Waals surface area (Å²) in [7, 11) is 0. The van der Waals surface area contributed by atoms with Crippen LogP contribution in [0.1, 0.15) is 19.3 Å². The van der Waals surface area contributed by atoms with Gasteiger partial charge in [0.25, 0.3) is 0 Å². The molecule has 0 heterocycles. The van der Waals surface area contributed by atoms with Crippen LogP contribution in [0.5, 0.6) is 0 Å². The molecule has 1 saturated carbocycles. The zero-order valence-corrected chi connectivity index (χ0v) is 7.77. The summed E-state index contributed by atoms with van der Waals surface area (Å²) in [5.41, 5.74) is 0. The molecule has 1 fully saturated rings. The topological polar surface area (TPSA) is 35.5 Å². The maximum absolute atomic E-state index is 9.61. The van der Waals surface area contributed by atoms with E-state index in [1.54, 1.807) is 11.8 Å². The summed E-state index contributed by atoms with van der Waals surface area (Å²) in [6.07, 6.45) is 4.23. The normalized spacial score (nSPS) is 17.0. The molecular formula is C8H13O3S. The van der Waals surface area contributed by atoms with E-state index in [2.05, 4.69) is 4.74 Å². The van der Waals surface area contributed by atoms with Crippen molar-refractivity contribution in [1.82, 2.24) is 0 Å². The molecule has 69 valence electrons. The maximum atomic E-state index is 9.61. The second-order valence-corrected chi connectivity index (χ2v) is 3.73. The molecule has 0 unspecified atom stereocenters. The average Bonchev–Trinajstić information content (AvgIpc) is 2.00. The minimum atomic E-state index is 0.386. The fourth-order valence-corrected chi connectivity index (χ4v) is 1.40. The molecule has 0 aliphatic heterocycles. The zero-order valence-electron chi connectivity index (χ0n) is 6.95. The van der Waals surface area contributed by atoms with Gasteiger partial charge >= 0.3 is 6.47 Å². The Morgan fingerprint density at radius 1 is 1.50 bits per heavy atom. The van der Waals surface area contributed by atoms with Crippen LogP contribution in [0.15, 0.2) is 0 Å². The van der Waals surface area contributed by atoms with Crippen LogP contribution < -0.4 is 0 Å². The molecule has 0 aromatic carbocycles. The molecule has 0 bridgehead atoms. The van der Waals surface area contributed by atoms with Gasteiger partial charge in [-0.15, -0.1) is 11.8 Å². The van der Waals surface area contributed by atoms with Crippen LogP contribution in [0.2, 0.25) is 0 Å². The minimum Gasteiger partial charge on any atom is -0.446 e. The second kappa shape index (κ2) is 6.31. The lowest BCUT2D eigenvalue weighted by molar-refractivity contribution is 0.0114. The van der Waals surface area contributed by atoms with Gasteiger partial charge in [0.2, 0.25) is 0 Å². The van der Waals surface area contributed by atoms with E-state index in [9.17, 15) is 4.79 Å². The van der Waals surface area contributed by atoms with Crippen LogP contribution in [0.25, 0.3) is 0 Å². The van der Waals surface area contributed by atoms with Gasteiger partial charge in [0.1, 0.15) is 5.94 Å². The van der Waals surface area contributed by atoms with Gasteiger partial charge in [-0.3, -0.25) is 0 Å². The van der Waals surface area contributed by atoms with Gasteiger partial charge in [-0.05, 0) is 19.3 Å². The van der Waals surface area contributed by atoms with E-state index < -0.39 is 0 Å². The fourth-order valence-electron chi connectivity index (χ4n) is 0.936. The standard InChI is InChI=1S/C8H13O3S/c9-6-10-7-12-5-4-11-8-2-1-3-8/h8H,1-5,7H2. The van der Waals surface area contributed by atoms with Gasteiger partial charge in [0.15, 0.2) is 0 Å². The van der Waals surface area contributed by atoms with Gasteiger partial charge in [-0.25, -0.2) is 4.79 Å². The Balaban J connectivity index is 1.73. The monoisotopic (exact) mass is 189 g/mol. The van der Waals surface area contributed by atoms with Gasteiger partial charge in [0.05, 0.1) is 12.7 Å². The van der Waals surface area contributed by atoms with Crippen LogP contribution in [0, 0.1) is 0 Å². The van der Waals surface area contributed by atoms with E-state index in [-0.39, 0.29) is 0 Å². The molecular weight excluding hydrogens is 176 g/mol. The lowest BCUT2D eigenvalue weighted by Crippen LogP contribution is -2.22. The molecule has 1 aliphatic rings. The third-order valence-electron chi connectivity index (χ3n) is 1.83. The first-order valence-electron chi connectivity index (χ1n) is 4.12. The summed E-state index contributed by atoms with van der Waals surface area (Å²) in [5.74, 6) is 1.27. The van der Waals surface area contributed by atoms with Crippen LogP contribution in [0.3, 0.4) is 0 Å². The van der Waals surface area contributed by atoms with Crippen LogP contribution in [0.4, 0.5) is 0 Å². The molecule has 0 amide bonds. The van der Waals surface area contributed by atoms with Crippen LogP contribution in [-0.2, 0) is 14.3 Å². The predicted molar refractivity (Wildman–Crippen MR) is 47.7 cm³/mol. The fraction of sp³-hybridized carbons (Fsp3) is 0.875. The van der Waals surface area contributed by atoms with E-state index >= 15 is 0 Å². The number of rotatable bonds is 7. The van der Waals surface area contributed by atoms with Crippen molar-refractivity contribution < 1.29 is 14.3 Å². The highest BCUT2D eigenvalue weighted by atomic mass is 32.2. The van der Waals surface area contributed by atoms with Crippen LogP contribution in [-0.4, -0.2) is 30.9 Å². The van der Waals surface area contributed by atoms with Gasteiger partial charge in [-0.1, -0.05) is 0 Å². The third-order valence-corrected chi connectivity index (χ3v) is 2.57. The molecule has 1 aliphatic carbocycles. The molecule has 0 N–H and O–H groups in total.